The fourth-order valence-corrected chi connectivity index (χ4v) is 2.32. The first-order valence-corrected chi connectivity index (χ1v) is 8.33. The zero-order valence-corrected chi connectivity index (χ0v) is 14.2. The molecular weight excluding hydrogens is 296 g/mol. The number of ether oxygens (including phenoxy) is 1. The Morgan fingerprint density at radius 2 is 2.00 bits per heavy atom. The number of rotatable bonds is 9. The minimum atomic E-state index is -0.364. The van der Waals surface area contributed by atoms with Gasteiger partial charge in [-0.25, -0.2) is 4.79 Å². The van der Waals surface area contributed by atoms with E-state index in [4.69, 9.17) is 17.0 Å². The standard InChI is InChI=1S/C17H26N2O2S/c1-3-5-11-15(16(20)21-4-2)19-17(22)18-13-12-14-9-7-6-8-10-14/h6-10,15H,3-5,11-13H2,1-2H3,(H2,18,19,22). The minimum Gasteiger partial charge on any atom is -0.464 e. The molecule has 122 valence electrons. The van der Waals surface area contributed by atoms with Crippen LogP contribution in [0.1, 0.15) is 38.7 Å². The lowest BCUT2D eigenvalue weighted by Crippen LogP contribution is -2.46. The number of unbranched alkanes of at least 4 members (excludes halogenated alkanes) is 1. The Hall–Kier alpha value is -1.62. The maximum absolute atomic E-state index is 11.9. The molecule has 0 radical (unpaired) electrons. The Balaban J connectivity index is 2.36. The van der Waals surface area contributed by atoms with Crippen LogP contribution in [0.25, 0.3) is 0 Å². The molecule has 0 aliphatic heterocycles. The van der Waals surface area contributed by atoms with Gasteiger partial charge < -0.3 is 15.4 Å². The number of hydrogen-bond acceptors (Lipinski definition) is 3. The van der Waals surface area contributed by atoms with Crippen molar-refractivity contribution in [2.45, 2.75) is 45.6 Å². The Labute approximate surface area is 138 Å². The molecule has 1 aromatic rings. The summed E-state index contributed by atoms with van der Waals surface area (Å²) in [6, 6.07) is 9.85. The van der Waals surface area contributed by atoms with Gasteiger partial charge in [-0.05, 0) is 37.5 Å². The molecular formula is C17H26N2O2S. The summed E-state index contributed by atoms with van der Waals surface area (Å²) in [5.74, 6) is -0.233. The average Bonchev–Trinajstić information content (AvgIpc) is 2.52. The Morgan fingerprint density at radius 1 is 1.27 bits per heavy atom. The molecule has 0 saturated heterocycles. The average molecular weight is 322 g/mol. The largest absolute Gasteiger partial charge is 0.464 e. The van der Waals surface area contributed by atoms with E-state index >= 15 is 0 Å². The van der Waals surface area contributed by atoms with Crippen molar-refractivity contribution in [2.24, 2.45) is 0 Å². The first kappa shape index (κ1) is 18.4. The molecule has 4 nitrogen and oxygen atoms in total. The maximum atomic E-state index is 11.9. The lowest BCUT2D eigenvalue weighted by Gasteiger charge is -2.19. The van der Waals surface area contributed by atoms with Crippen LogP contribution < -0.4 is 10.6 Å². The van der Waals surface area contributed by atoms with Crippen LogP contribution in [0, 0.1) is 0 Å². The summed E-state index contributed by atoms with van der Waals surface area (Å²) >= 11 is 5.27. The van der Waals surface area contributed by atoms with Crippen LogP contribution in [0.15, 0.2) is 30.3 Å². The SMILES string of the molecule is CCCCC(NC(=S)NCCc1ccccc1)C(=O)OCC. The van der Waals surface area contributed by atoms with E-state index in [2.05, 4.69) is 29.7 Å². The summed E-state index contributed by atoms with van der Waals surface area (Å²) in [6.45, 7) is 5.03. The molecule has 1 rings (SSSR count). The molecule has 0 aromatic heterocycles. The van der Waals surface area contributed by atoms with E-state index in [-0.39, 0.29) is 12.0 Å². The Bertz CT molecular complexity index is 451. The summed E-state index contributed by atoms with van der Waals surface area (Å²) in [6.07, 6.45) is 3.62. The van der Waals surface area contributed by atoms with Crippen molar-refractivity contribution in [2.75, 3.05) is 13.2 Å². The summed E-state index contributed by atoms with van der Waals surface area (Å²) in [5, 5.41) is 6.72. The van der Waals surface area contributed by atoms with Crippen molar-refractivity contribution in [3.05, 3.63) is 35.9 Å². The molecule has 0 heterocycles. The number of nitrogens with one attached hydrogen (secondary N) is 2. The van der Waals surface area contributed by atoms with E-state index < -0.39 is 0 Å². The van der Waals surface area contributed by atoms with Crippen LogP contribution in [-0.2, 0) is 16.0 Å². The number of thiocarbonyl (C=S) groups is 1. The lowest BCUT2D eigenvalue weighted by atomic mass is 10.1. The molecule has 1 aromatic carbocycles. The number of carbonyl (C=O) groups is 1. The summed E-state index contributed by atoms with van der Waals surface area (Å²) in [5.41, 5.74) is 1.26. The van der Waals surface area contributed by atoms with E-state index in [1.54, 1.807) is 0 Å². The van der Waals surface area contributed by atoms with Gasteiger partial charge in [0.25, 0.3) is 0 Å². The molecule has 22 heavy (non-hydrogen) atoms. The number of benzene rings is 1. The van der Waals surface area contributed by atoms with E-state index in [9.17, 15) is 4.79 Å². The number of hydrogen-bond donors (Lipinski definition) is 2. The highest BCUT2D eigenvalue weighted by Crippen LogP contribution is 2.03. The highest BCUT2D eigenvalue weighted by atomic mass is 32.1. The molecule has 0 saturated carbocycles. The second-order valence-corrected chi connectivity index (χ2v) is 5.49. The van der Waals surface area contributed by atoms with Crippen LogP contribution >= 0.6 is 12.2 Å². The fourth-order valence-electron chi connectivity index (χ4n) is 2.07. The molecule has 0 aliphatic carbocycles. The third-order valence-corrected chi connectivity index (χ3v) is 3.53. The molecule has 1 unspecified atom stereocenters. The van der Waals surface area contributed by atoms with E-state index in [1.807, 2.05) is 25.1 Å². The molecule has 5 heteroatoms. The predicted molar refractivity (Wildman–Crippen MR) is 93.8 cm³/mol. The smallest absolute Gasteiger partial charge is 0.328 e. The van der Waals surface area contributed by atoms with Gasteiger partial charge in [0.05, 0.1) is 6.61 Å². The zero-order valence-electron chi connectivity index (χ0n) is 13.4. The van der Waals surface area contributed by atoms with Crippen molar-refractivity contribution in [1.82, 2.24) is 10.6 Å². The maximum Gasteiger partial charge on any atom is 0.328 e. The van der Waals surface area contributed by atoms with Gasteiger partial charge in [-0.15, -0.1) is 0 Å². The zero-order chi connectivity index (χ0) is 16.2. The lowest BCUT2D eigenvalue weighted by molar-refractivity contribution is -0.145. The minimum absolute atomic E-state index is 0.233. The van der Waals surface area contributed by atoms with Gasteiger partial charge in [-0.1, -0.05) is 50.1 Å². The second kappa shape index (κ2) is 11.0. The number of carbonyl (C=O) groups excluding carboxylic acids is 1. The Kier molecular flexibility index (Phi) is 9.23. The van der Waals surface area contributed by atoms with E-state index in [0.29, 0.717) is 11.7 Å². The van der Waals surface area contributed by atoms with Crippen molar-refractivity contribution in [3.8, 4) is 0 Å². The van der Waals surface area contributed by atoms with Crippen molar-refractivity contribution in [1.29, 1.82) is 0 Å². The first-order chi connectivity index (χ1) is 10.7. The molecule has 0 amide bonds. The molecule has 0 fully saturated rings. The van der Waals surface area contributed by atoms with Gasteiger partial charge in [0.15, 0.2) is 5.11 Å². The highest BCUT2D eigenvalue weighted by molar-refractivity contribution is 7.80. The van der Waals surface area contributed by atoms with E-state index in [0.717, 1.165) is 32.2 Å². The van der Waals surface area contributed by atoms with Crippen LogP contribution in [0.5, 0.6) is 0 Å². The van der Waals surface area contributed by atoms with Crippen molar-refractivity contribution in [3.63, 3.8) is 0 Å². The van der Waals surface area contributed by atoms with Gasteiger partial charge in [-0.3, -0.25) is 0 Å². The second-order valence-electron chi connectivity index (χ2n) is 5.08. The van der Waals surface area contributed by atoms with Crippen LogP contribution in [0.3, 0.4) is 0 Å². The molecule has 0 spiro atoms. The molecule has 1 atom stereocenters. The fraction of sp³-hybridized carbons (Fsp3) is 0.529. The van der Waals surface area contributed by atoms with E-state index in [1.165, 1.54) is 5.56 Å². The van der Waals surface area contributed by atoms with Gasteiger partial charge in [0, 0.05) is 6.54 Å². The third-order valence-electron chi connectivity index (χ3n) is 3.26. The van der Waals surface area contributed by atoms with Gasteiger partial charge in [-0.2, -0.15) is 0 Å². The summed E-state index contributed by atoms with van der Waals surface area (Å²) in [4.78, 5) is 11.9. The van der Waals surface area contributed by atoms with Crippen molar-refractivity contribution < 1.29 is 9.53 Å². The topological polar surface area (TPSA) is 50.4 Å². The molecule has 0 bridgehead atoms. The summed E-state index contributed by atoms with van der Waals surface area (Å²) in [7, 11) is 0. The Morgan fingerprint density at radius 3 is 2.64 bits per heavy atom. The first-order valence-electron chi connectivity index (χ1n) is 7.92. The predicted octanol–water partition coefficient (Wildman–Crippen LogP) is 2.82. The molecule has 0 aliphatic rings. The summed E-state index contributed by atoms with van der Waals surface area (Å²) < 4.78 is 5.09. The van der Waals surface area contributed by atoms with Gasteiger partial charge >= 0.3 is 5.97 Å². The number of esters is 1. The van der Waals surface area contributed by atoms with Crippen molar-refractivity contribution >= 4 is 23.3 Å². The van der Waals surface area contributed by atoms with Gasteiger partial charge in [0.1, 0.15) is 6.04 Å². The quantitative estimate of drug-likeness (QED) is 0.541. The normalized spacial score (nSPS) is 11.5. The van der Waals surface area contributed by atoms with Crippen LogP contribution in [-0.4, -0.2) is 30.3 Å². The van der Waals surface area contributed by atoms with Gasteiger partial charge in [0.2, 0.25) is 0 Å². The third kappa shape index (κ3) is 7.41. The monoisotopic (exact) mass is 322 g/mol. The molecule has 2 N–H and O–H groups in total. The highest BCUT2D eigenvalue weighted by Gasteiger charge is 2.19. The van der Waals surface area contributed by atoms with Crippen LogP contribution in [0.2, 0.25) is 0 Å². The van der Waals surface area contributed by atoms with Crippen LogP contribution in [0.4, 0.5) is 0 Å².